The Kier molecular flexibility index (Phi) is 8.86. The van der Waals surface area contributed by atoms with Crippen molar-refractivity contribution in [3.63, 3.8) is 0 Å². The van der Waals surface area contributed by atoms with E-state index in [-0.39, 0.29) is 17.8 Å². The molecule has 0 unspecified atom stereocenters. The number of imide groups is 1. The van der Waals surface area contributed by atoms with E-state index in [9.17, 15) is 14.9 Å². The molecule has 1 heterocycles. The molecule has 4 rings (SSSR count). The van der Waals surface area contributed by atoms with Crippen molar-refractivity contribution >= 4 is 74.2 Å². The third-order valence-corrected chi connectivity index (χ3v) is 7.73. The minimum Gasteiger partial charge on any atom is -0.487 e. The molecule has 0 N–H and O–H groups in total. The van der Waals surface area contributed by atoms with Gasteiger partial charge in [-0.05, 0) is 99.6 Å². The molecule has 1 aliphatic heterocycles. The molecule has 0 atom stereocenters. The minimum atomic E-state index is -0.275. The summed E-state index contributed by atoms with van der Waals surface area (Å²) in [5.41, 5.74) is 3.26. The summed E-state index contributed by atoms with van der Waals surface area (Å²) in [4.78, 5) is 27.3. The molecular weight excluding hydrogens is 686 g/mol. The Morgan fingerprint density at radius 1 is 1.03 bits per heavy atom. The molecule has 2 amide bonds. The van der Waals surface area contributed by atoms with Crippen LogP contribution in [0, 0.1) is 18.5 Å². The van der Waals surface area contributed by atoms with Crippen molar-refractivity contribution in [1.82, 2.24) is 4.90 Å². The number of ether oxygens (including phenoxy) is 1. The second-order valence-corrected chi connectivity index (χ2v) is 11.2. The summed E-state index contributed by atoms with van der Waals surface area (Å²) in [5, 5.41) is 9.11. The van der Waals surface area contributed by atoms with Crippen LogP contribution in [0.25, 0.3) is 6.08 Å². The van der Waals surface area contributed by atoms with Gasteiger partial charge < -0.3 is 4.74 Å². The molecule has 176 valence electrons. The standard InChI is InChI=1S/C27H20I2N2O3S/c28-22-13-21(25(23(29)15-22)34-17-20-11-5-4-10-19(20)16-30)14-24-26(32)31(27(33)35-24)12-6-9-18-7-2-1-3-8-18/h1-5,7-8,10-11,13-15H,6,9,12,17H2/b24-14+. The zero-order valence-corrected chi connectivity index (χ0v) is 23.7. The highest BCUT2D eigenvalue weighted by Gasteiger charge is 2.34. The van der Waals surface area contributed by atoms with Gasteiger partial charge >= 0.3 is 0 Å². The number of hydrogen-bond acceptors (Lipinski definition) is 5. The predicted molar refractivity (Wildman–Crippen MR) is 155 cm³/mol. The van der Waals surface area contributed by atoms with Gasteiger partial charge in [-0.3, -0.25) is 14.5 Å². The van der Waals surface area contributed by atoms with Crippen molar-refractivity contribution in [3.8, 4) is 11.8 Å². The third-order valence-electron chi connectivity index (χ3n) is 5.40. The van der Waals surface area contributed by atoms with Gasteiger partial charge in [0.1, 0.15) is 12.4 Å². The van der Waals surface area contributed by atoms with E-state index in [1.54, 1.807) is 12.1 Å². The van der Waals surface area contributed by atoms with E-state index in [1.165, 1.54) is 10.5 Å². The number of nitrogens with zero attached hydrogens (tertiary/aromatic N) is 2. The van der Waals surface area contributed by atoms with Crippen molar-refractivity contribution in [2.24, 2.45) is 0 Å². The number of halogens is 2. The van der Waals surface area contributed by atoms with Crippen molar-refractivity contribution < 1.29 is 14.3 Å². The number of carbonyl (C=O) groups excluding carboxylic acids is 2. The van der Waals surface area contributed by atoms with Gasteiger partial charge in [-0.25, -0.2) is 0 Å². The van der Waals surface area contributed by atoms with Crippen LogP contribution >= 0.6 is 56.9 Å². The first-order valence-electron chi connectivity index (χ1n) is 10.9. The van der Waals surface area contributed by atoms with E-state index in [0.717, 1.165) is 36.4 Å². The monoisotopic (exact) mass is 706 g/mol. The van der Waals surface area contributed by atoms with Gasteiger partial charge in [0, 0.05) is 21.2 Å². The minimum absolute atomic E-state index is 0.224. The largest absolute Gasteiger partial charge is 0.487 e. The average molecular weight is 706 g/mol. The topological polar surface area (TPSA) is 70.4 Å². The summed E-state index contributed by atoms with van der Waals surface area (Å²) < 4.78 is 8.02. The van der Waals surface area contributed by atoms with Crippen LogP contribution in [0.15, 0.2) is 71.6 Å². The van der Waals surface area contributed by atoms with Crippen molar-refractivity contribution in [3.05, 3.63) is 101 Å². The number of benzene rings is 3. The van der Waals surface area contributed by atoms with E-state index < -0.39 is 0 Å². The lowest BCUT2D eigenvalue weighted by Gasteiger charge is -2.14. The molecule has 0 saturated carbocycles. The van der Waals surface area contributed by atoms with Crippen LogP contribution in [0.1, 0.15) is 28.7 Å². The fourth-order valence-corrected chi connectivity index (χ4v) is 6.57. The summed E-state index contributed by atoms with van der Waals surface area (Å²) >= 11 is 5.38. The quantitative estimate of drug-likeness (QED) is 0.186. The first-order valence-corrected chi connectivity index (χ1v) is 13.8. The van der Waals surface area contributed by atoms with E-state index in [1.807, 2.05) is 60.7 Å². The van der Waals surface area contributed by atoms with Crippen LogP contribution in [-0.4, -0.2) is 22.6 Å². The second-order valence-electron chi connectivity index (χ2n) is 7.79. The highest BCUT2D eigenvalue weighted by Crippen LogP contribution is 2.36. The van der Waals surface area contributed by atoms with E-state index in [0.29, 0.717) is 29.2 Å². The van der Waals surface area contributed by atoms with E-state index in [2.05, 4.69) is 51.3 Å². The van der Waals surface area contributed by atoms with Gasteiger partial charge in [-0.2, -0.15) is 5.26 Å². The molecule has 3 aromatic carbocycles. The molecule has 0 aliphatic carbocycles. The smallest absolute Gasteiger partial charge is 0.293 e. The zero-order chi connectivity index (χ0) is 24.8. The Morgan fingerprint density at radius 3 is 2.54 bits per heavy atom. The van der Waals surface area contributed by atoms with Crippen LogP contribution in [-0.2, 0) is 17.8 Å². The Labute approximate surface area is 235 Å². The van der Waals surface area contributed by atoms with E-state index in [4.69, 9.17) is 4.74 Å². The molecule has 3 aromatic rings. The first kappa shape index (κ1) is 25.7. The Bertz CT molecular complexity index is 1340. The fourth-order valence-electron chi connectivity index (χ4n) is 3.66. The maximum absolute atomic E-state index is 13.0. The highest BCUT2D eigenvalue weighted by molar-refractivity contribution is 14.1. The molecule has 1 fully saturated rings. The number of carbonyl (C=O) groups is 2. The van der Waals surface area contributed by atoms with Gasteiger partial charge in [0.25, 0.3) is 11.1 Å². The molecule has 0 radical (unpaired) electrons. The summed E-state index contributed by atoms with van der Waals surface area (Å²) in [7, 11) is 0. The van der Waals surface area contributed by atoms with Crippen molar-refractivity contribution in [2.75, 3.05) is 6.54 Å². The maximum Gasteiger partial charge on any atom is 0.293 e. The molecule has 5 nitrogen and oxygen atoms in total. The Balaban J connectivity index is 1.51. The Hall–Kier alpha value is -2.36. The molecule has 1 aliphatic rings. The van der Waals surface area contributed by atoms with Crippen LogP contribution < -0.4 is 4.74 Å². The number of nitriles is 1. The SMILES string of the molecule is N#Cc1ccccc1COc1c(I)cc(I)cc1/C=C1/SC(=O)N(CCCc2ccccc2)C1=O. The van der Waals surface area contributed by atoms with Crippen LogP contribution in [0.3, 0.4) is 0 Å². The lowest BCUT2D eigenvalue weighted by molar-refractivity contribution is -0.122. The molecule has 1 saturated heterocycles. The van der Waals surface area contributed by atoms with Crippen LogP contribution in [0.2, 0.25) is 0 Å². The molecule has 35 heavy (non-hydrogen) atoms. The number of aryl methyl sites for hydroxylation is 1. The van der Waals surface area contributed by atoms with Crippen molar-refractivity contribution in [2.45, 2.75) is 19.4 Å². The lowest BCUT2D eigenvalue weighted by Crippen LogP contribution is -2.29. The van der Waals surface area contributed by atoms with Gasteiger partial charge in [0.2, 0.25) is 0 Å². The van der Waals surface area contributed by atoms with Crippen LogP contribution in [0.4, 0.5) is 4.79 Å². The van der Waals surface area contributed by atoms with Gasteiger partial charge in [0.15, 0.2) is 0 Å². The van der Waals surface area contributed by atoms with Gasteiger partial charge in [0.05, 0.1) is 20.1 Å². The highest BCUT2D eigenvalue weighted by atomic mass is 127. The van der Waals surface area contributed by atoms with Crippen LogP contribution in [0.5, 0.6) is 5.75 Å². The molecule has 0 bridgehead atoms. The summed E-state index contributed by atoms with van der Waals surface area (Å²) in [6.45, 7) is 0.608. The van der Waals surface area contributed by atoms with Gasteiger partial charge in [-0.15, -0.1) is 0 Å². The van der Waals surface area contributed by atoms with Gasteiger partial charge in [-0.1, -0.05) is 48.5 Å². The number of rotatable bonds is 8. The normalized spacial score (nSPS) is 14.4. The zero-order valence-electron chi connectivity index (χ0n) is 18.5. The summed E-state index contributed by atoms with van der Waals surface area (Å²) in [6, 6.07) is 23.4. The predicted octanol–water partition coefficient (Wildman–Crippen LogP) is 7.02. The molecular formula is C27H20I2N2O3S. The van der Waals surface area contributed by atoms with E-state index >= 15 is 0 Å². The lowest BCUT2D eigenvalue weighted by atomic mass is 10.1. The second kappa shape index (κ2) is 12.1. The number of thioether (sulfide) groups is 1. The first-order chi connectivity index (χ1) is 17.0. The number of hydrogen-bond donors (Lipinski definition) is 0. The summed E-state index contributed by atoms with van der Waals surface area (Å²) in [6.07, 6.45) is 3.25. The molecule has 0 aromatic heterocycles. The molecule has 8 heteroatoms. The number of amides is 2. The maximum atomic E-state index is 13.0. The fraction of sp³-hybridized carbons (Fsp3) is 0.148. The summed E-state index contributed by atoms with van der Waals surface area (Å²) in [5.74, 6) is 0.345. The molecule has 0 spiro atoms. The van der Waals surface area contributed by atoms with Crippen molar-refractivity contribution in [1.29, 1.82) is 5.26 Å². The third kappa shape index (κ3) is 6.45. The average Bonchev–Trinajstić information content (AvgIpc) is 3.11. The Morgan fingerprint density at radius 2 is 1.77 bits per heavy atom.